The van der Waals surface area contributed by atoms with E-state index in [0.717, 1.165) is 0 Å². The van der Waals surface area contributed by atoms with Crippen LogP contribution in [0.15, 0.2) is 6.33 Å². The van der Waals surface area contributed by atoms with E-state index >= 15 is 0 Å². The Labute approximate surface area is 79.4 Å². The fourth-order valence-electron chi connectivity index (χ4n) is 1.55. The summed E-state index contributed by atoms with van der Waals surface area (Å²) in [6, 6.07) is 0. The molecule has 0 radical (unpaired) electrons. The van der Waals surface area contributed by atoms with Gasteiger partial charge in [-0.25, -0.2) is 4.98 Å². The predicted octanol–water partition coefficient (Wildman–Crippen LogP) is -2.26. The van der Waals surface area contributed by atoms with Gasteiger partial charge in [0.2, 0.25) is 0 Å². The molecule has 3 atom stereocenters. The van der Waals surface area contributed by atoms with E-state index in [4.69, 9.17) is 4.74 Å². The molecule has 1 aromatic heterocycles. The van der Waals surface area contributed by atoms with E-state index in [9.17, 15) is 15.3 Å². The van der Waals surface area contributed by atoms with Gasteiger partial charge in [0.25, 0.3) is 0 Å². The molecule has 2 heterocycles. The van der Waals surface area contributed by atoms with Gasteiger partial charge in [-0.2, -0.15) is 5.10 Å². The molecule has 7 nitrogen and oxygen atoms in total. The topological polar surface area (TPSA) is 111 Å². The van der Waals surface area contributed by atoms with Crippen molar-refractivity contribution < 1.29 is 20.1 Å². The molecule has 1 saturated heterocycles. The van der Waals surface area contributed by atoms with Crippen molar-refractivity contribution in [1.29, 1.82) is 0 Å². The molecule has 1 fully saturated rings. The van der Waals surface area contributed by atoms with E-state index in [1.54, 1.807) is 0 Å². The first-order valence-corrected chi connectivity index (χ1v) is 4.17. The number of aromatic amines is 1. The smallest absolute Gasteiger partial charge is 0.178 e. The van der Waals surface area contributed by atoms with Crippen LogP contribution >= 0.6 is 0 Å². The second-order valence-electron chi connectivity index (χ2n) is 3.20. The van der Waals surface area contributed by atoms with E-state index in [2.05, 4.69) is 15.2 Å². The Morgan fingerprint density at radius 2 is 2.43 bits per heavy atom. The summed E-state index contributed by atoms with van der Waals surface area (Å²) < 4.78 is 5.17. The molecule has 0 amide bonds. The quantitative estimate of drug-likeness (QED) is 0.430. The lowest BCUT2D eigenvalue weighted by Gasteiger charge is -2.26. The molecular weight excluding hydrogens is 190 g/mol. The second-order valence-corrected chi connectivity index (χ2v) is 3.20. The molecule has 4 N–H and O–H groups in total. The van der Waals surface area contributed by atoms with Gasteiger partial charge in [-0.15, -0.1) is 0 Å². The SMILES string of the molecule is OC[C@]1(c2ncn[nH]2)OC[C@H](O)[C@@H]1O. The first kappa shape index (κ1) is 9.53. The number of ether oxygens (including phenoxy) is 1. The number of hydrogen-bond donors (Lipinski definition) is 4. The van der Waals surface area contributed by atoms with Crippen molar-refractivity contribution in [3.63, 3.8) is 0 Å². The van der Waals surface area contributed by atoms with Crippen LogP contribution in [0.1, 0.15) is 5.82 Å². The molecule has 1 aliphatic heterocycles. The van der Waals surface area contributed by atoms with Gasteiger partial charge in [0, 0.05) is 0 Å². The third-order valence-corrected chi connectivity index (χ3v) is 2.40. The third kappa shape index (κ3) is 1.14. The number of nitrogens with zero attached hydrogens (tertiary/aromatic N) is 2. The Bertz CT molecular complexity index is 304. The highest BCUT2D eigenvalue weighted by Gasteiger charge is 2.52. The van der Waals surface area contributed by atoms with Crippen molar-refractivity contribution in [2.75, 3.05) is 13.2 Å². The van der Waals surface area contributed by atoms with Gasteiger partial charge in [-0.3, -0.25) is 5.10 Å². The van der Waals surface area contributed by atoms with Crippen LogP contribution in [0, 0.1) is 0 Å². The molecule has 1 aromatic rings. The Kier molecular flexibility index (Phi) is 2.23. The zero-order chi connectivity index (χ0) is 10.2. The highest BCUT2D eigenvalue weighted by molar-refractivity contribution is 5.09. The molecule has 78 valence electrons. The molecule has 0 aliphatic carbocycles. The number of rotatable bonds is 2. The minimum atomic E-state index is -1.38. The van der Waals surface area contributed by atoms with E-state index < -0.39 is 24.4 Å². The van der Waals surface area contributed by atoms with Crippen LogP contribution in [-0.2, 0) is 10.3 Å². The number of aliphatic hydroxyl groups is 3. The summed E-state index contributed by atoms with van der Waals surface area (Å²) in [6.45, 7) is -0.511. The van der Waals surface area contributed by atoms with Gasteiger partial charge in [0.15, 0.2) is 11.4 Å². The lowest BCUT2D eigenvalue weighted by molar-refractivity contribution is -0.106. The Hall–Kier alpha value is -1.02. The second kappa shape index (κ2) is 3.28. The average molecular weight is 201 g/mol. The first-order valence-electron chi connectivity index (χ1n) is 4.17. The largest absolute Gasteiger partial charge is 0.393 e. The van der Waals surface area contributed by atoms with Gasteiger partial charge >= 0.3 is 0 Å². The minimum absolute atomic E-state index is 0.0393. The van der Waals surface area contributed by atoms with Crippen molar-refractivity contribution in [2.45, 2.75) is 17.8 Å². The minimum Gasteiger partial charge on any atom is -0.393 e. The van der Waals surface area contributed by atoms with Crippen molar-refractivity contribution in [3.8, 4) is 0 Å². The highest BCUT2D eigenvalue weighted by atomic mass is 16.6. The standard InChI is InChI=1S/C7H11N3O4/c11-2-7(6-8-3-9-10-6)5(13)4(12)1-14-7/h3-5,11-13H,1-2H2,(H,8,9,10)/t4-,5-,7-/m0/s1. The number of aromatic nitrogens is 3. The molecule has 7 heteroatoms. The van der Waals surface area contributed by atoms with Crippen molar-refractivity contribution in [2.24, 2.45) is 0 Å². The molecule has 0 bridgehead atoms. The van der Waals surface area contributed by atoms with Crippen LogP contribution in [0.25, 0.3) is 0 Å². The summed E-state index contributed by atoms with van der Waals surface area (Å²) in [5.74, 6) is 0.212. The summed E-state index contributed by atoms with van der Waals surface area (Å²) >= 11 is 0. The normalized spacial score (nSPS) is 37.6. The molecule has 0 unspecified atom stereocenters. The van der Waals surface area contributed by atoms with Gasteiger partial charge < -0.3 is 20.1 Å². The molecule has 14 heavy (non-hydrogen) atoms. The Balaban J connectivity index is 2.36. The number of nitrogens with one attached hydrogen (secondary N) is 1. The molecule has 2 rings (SSSR count). The van der Waals surface area contributed by atoms with Crippen LogP contribution in [0.3, 0.4) is 0 Å². The van der Waals surface area contributed by atoms with Crippen LogP contribution in [0.2, 0.25) is 0 Å². The van der Waals surface area contributed by atoms with Gasteiger partial charge in [0.05, 0.1) is 13.2 Å². The van der Waals surface area contributed by atoms with Crippen LogP contribution < -0.4 is 0 Å². The molecule has 0 spiro atoms. The van der Waals surface area contributed by atoms with Crippen LogP contribution in [0.4, 0.5) is 0 Å². The van der Waals surface area contributed by atoms with Gasteiger partial charge in [0.1, 0.15) is 18.5 Å². The van der Waals surface area contributed by atoms with Crippen LogP contribution in [-0.4, -0.2) is 55.9 Å². The Morgan fingerprint density at radius 1 is 1.64 bits per heavy atom. The summed E-state index contributed by atoms with van der Waals surface area (Å²) in [4.78, 5) is 3.80. The maximum atomic E-state index is 9.66. The lowest BCUT2D eigenvalue weighted by Crippen LogP contribution is -2.44. The highest BCUT2D eigenvalue weighted by Crippen LogP contribution is 2.33. The number of aliphatic hydroxyl groups excluding tert-OH is 3. The van der Waals surface area contributed by atoms with Gasteiger partial charge in [-0.05, 0) is 0 Å². The summed E-state index contributed by atoms with van der Waals surface area (Å²) in [5, 5.41) is 34.3. The van der Waals surface area contributed by atoms with E-state index in [1.165, 1.54) is 6.33 Å². The maximum absolute atomic E-state index is 9.66. The zero-order valence-electron chi connectivity index (χ0n) is 7.29. The Morgan fingerprint density at radius 3 is 2.86 bits per heavy atom. The zero-order valence-corrected chi connectivity index (χ0v) is 7.29. The van der Waals surface area contributed by atoms with E-state index in [-0.39, 0.29) is 12.4 Å². The number of H-pyrrole nitrogens is 1. The fourth-order valence-corrected chi connectivity index (χ4v) is 1.55. The van der Waals surface area contributed by atoms with Crippen molar-refractivity contribution in [1.82, 2.24) is 15.2 Å². The summed E-state index contributed by atoms with van der Waals surface area (Å²) in [5.41, 5.74) is -1.38. The van der Waals surface area contributed by atoms with E-state index in [0.29, 0.717) is 0 Å². The number of hydrogen-bond acceptors (Lipinski definition) is 6. The molecule has 0 saturated carbocycles. The summed E-state index contributed by atoms with van der Waals surface area (Å²) in [7, 11) is 0. The predicted molar refractivity (Wildman–Crippen MR) is 43.1 cm³/mol. The average Bonchev–Trinajstić information content (AvgIpc) is 2.79. The van der Waals surface area contributed by atoms with Gasteiger partial charge in [-0.1, -0.05) is 0 Å². The monoisotopic (exact) mass is 201 g/mol. The fraction of sp³-hybridized carbons (Fsp3) is 0.714. The molecular formula is C7H11N3O4. The van der Waals surface area contributed by atoms with Crippen molar-refractivity contribution >= 4 is 0 Å². The molecule has 1 aliphatic rings. The van der Waals surface area contributed by atoms with Crippen molar-refractivity contribution in [3.05, 3.63) is 12.2 Å². The van der Waals surface area contributed by atoms with E-state index in [1.807, 2.05) is 0 Å². The third-order valence-electron chi connectivity index (χ3n) is 2.40. The lowest BCUT2D eigenvalue weighted by atomic mass is 9.96. The van der Waals surface area contributed by atoms with Crippen LogP contribution in [0.5, 0.6) is 0 Å². The molecule has 0 aromatic carbocycles. The summed E-state index contributed by atoms with van der Waals surface area (Å²) in [6.07, 6.45) is -0.985. The maximum Gasteiger partial charge on any atom is 0.178 e. The first-order chi connectivity index (χ1) is 6.70.